The summed E-state index contributed by atoms with van der Waals surface area (Å²) < 4.78 is 7.31. The first kappa shape index (κ1) is 18.2. The van der Waals surface area contributed by atoms with Gasteiger partial charge in [-0.3, -0.25) is 0 Å². The van der Waals surface area contributed by atoms with Crippen LogP contribution in [-0.4, -0.2) is 27.6 Å². The highest BCUT2D eigenvalue weighted by atomic mass is 79.9. The molecule has 1 N–H and O–H groups in total. The number of anilines is 1. The van der Waals surface area contributed by atoms with Gasteiger partial charge >= 0.3 is 6.03 Å². The first-order valence-corrected chi connectivity index (χ1v) is 10.1. The van der Waals surface area contributed by atoms with Crippen LogP contribution in [0.4, 0.5) is 10.5 Å². The van der Waals surface area contributed by atoms with Crippen LogP contribution in [0.3, 0.4) is 0 Å². The molecule has 1 aliphatic rings. The molecule has 2 amide bonds. The molecule has 0 spiro atoms. The number of rotatable bonds is 3. The van der Waals surface area contributed by atoms with Gasteiger partial charge in [-0.05, 0) is 65.2 Å². The molecule has 1 aromatic heterocycles. The minimum absolute atomic E-state index is 0.173. The number of likely N-dealkylation sites (tertiary alicyclic amines) is 1. The average Bonchev–Trinajstić information content (AvgIpc) is 3.33. The maximum Gasteiger partial charge on any atom is 0.322 e. The van der Waals surface area contributed by atoms with Gasteiger partial charge in [0.05, 0.1) is 5.69 Å². The molecule has 4 rings (SSSR count). The fraction of sp³-hybridized carbons (Fsp3) is 0.211. The van der Waals surface area contributed by atoms with E-state index in [9.17, 15) is 4.79 Å². The molecule has 2 heterocycles. The summed E-state index contributed by atoms with van der Waals surface area (Å²) in [6.07, 6.45) is 1.69. The van der Waals surface area contributed by atoms with E-state index in [-0.39, 0.29) is 12.1 Å². The van der Waals surface area contributed by atoms with Gasteiger partial charge in [0.2, 0.25) is 11.7 Å². The number of hydrogen-bond donors (Lipinski definition) is 1. The molecule has 2 aromatic carbocycles. The fourth-order valence-electron chi connectivity index (χ4n) is 3.10. The second-order valence-corrected chi connectivity index (χ2v) is 7.99. The second-order valence-electron chi connectivity index (χ2n) is 6.22. The summed E-state index contributed by atoms with van der Waals surface area (Å²) in [5, 5.41) is 7.03. The maximum absolute atomic E-state index is 12.8. The molecule has 0 aliphatic carbocycles. The van der Waals surface area contributed by atoms with Crippen LogP contribution in [0.2, 0.25) is 0 Å². The Morgan fingerprint density at radius 3 is 2.70 bits per heavy atom. The number of nitrogens with zero attached hydrogens (tertiary/aromatic N) is 3. The van der Waals surface area contributed by atoms with Crippen molar-refractivity contribution >= 4 is 43.6 Å². The van der Waals surface area contributed by atoms with Gasteiger partial charge in [0.1, 0.15) is 6.04 Å². The van der Waals surface area contributed by atoms with Crippen LogP contribution in [0.1, 0.15) is 24.8 Å². The van der Waals surface area contributed by atoms with Gasteiger partial charge < -0.3 is 14.7 Å². The summed E-state index contributed by atoms with van der Waals surface area (Å²) in [6.45, 7) is 0.650. The van der Waals surface area contributed by atoms with Crippen molar-refractivity contribution in [3.8, 4) is 11.4 Å². The van der Waals surface area contributed by atoms with E-state index in [1.54, 1.807) is 4.90 Å². The van der Waals surface area contributed by atoms with Crippen molar-refractivity contribution in [3.63, 3.8) is 0 Å². The molecular weight excluding hydrogens is 476 g/mol. The van der Waals surface area contributed by atoms with Gasteiger partial charge in [0, 0.05) is 21.1 Å². The lowest BCUT2D eigenvalue weighted by molar-refractivity contribution is 0.193. The molecule has 1 unspecified atom stereocenters. The van der Waals surface area contributed by atoms with Gasteiger partial charge in [-0.1, -0.05) is 33.2 Å². The Labute approximate surface area is 173 Å². The molecule has 1 saturated heterocycles. The lowest BCUT2D eigenvalue weighted by Crippen LogP contribution is -2.34. The van der Waals surface area contributed by atoms with Gasteiger partial charge in [-0.25, -0.2) is 4.79 Å². The Morgan fingerprint density at radius 2 is 1.93 bits per heavy atom. The number of amides is 2. The number of carbonyl (C=O) groups is 1. The van der Waals surface area contributed by atoms with E-state index < -0.39 is 0 Å². The van der Waals surface area contributed by atoms with E-state index in [0.29, 0.717) is 18.3 Å². The van der Waals surface area contributed by atoms with Crippen LogP contribution < -0.4 is 5.32 Å². The SMILES string of the molecule is O=C(Nc1ccccc1Br)N1CCCC1c1nc(-c2ccc(Br)cc2)no1. The highest BCUT2D eigenvalue weighted by Crippen LogP contribution is 2.33. The van der Waals surface area contributed by atoms with Crippen molar-refractivity contribution in [2.75, 3.05) is 11.9 Å². The van der Waals surface area contributed by atoms with Crippen LogP contribution in [0.15, 0.2) is 62.0 Å². The minimum atomic E-state index is -0.218. The Balaban J connectivity index is 1.52. The van der Waals surface area contributed by atoms with Crippen LogP contribution in [0, 0.1) is 0 Å². The number of aromatic nitrogens is 2. The zero-order valence-corrected chi connectivity index (χ0v) is 17.4. The van der Waals surface area contributed by atoms with Crippen molar-refractivity contribution in [2.24, 2.45) is 0 Å². The third kappa shape index (κ3) is 3.91. The largest absolute Gasteiger partial charge is 0.337 e. The molecule has 27 heavy (non-hydrogen) atoms. The highest BCUT2D eigenvalue weighted by molar-refractivity contribution is 9.10. The van der Waals surface area contributed by atoms with Gasteiger partial charge in [-0.15, -0.1) is 0 Å². The summed E-state index contributed by atoms with van der Waals surface area (Å²) in [5.41, 5.74) is 1.60. The molecular formula is C19H16Br2N4O2. The Bertz CT molecular complexity index is 958. The first-order chi connectivity index (χ1) is 13.1. The molecule has 6 nitrogen and oxygen atoms in total. The number of urea groups is 1. The van der Waals surface area contributed by atoms with Crippen molar-refractivity contribution in [1.29, 1.82) is 0 Å². The van der Waals surface area contributed by atoms with Crippen LogP contribution in [-0.2, 0) is 0 Å². The second kappa shape index (κ2) is 7.82. The van der Waals surface area contributed by atoms with E-state index in [0.717, 1.165) is 33.0 Å². The normalized spacial score (nSPS) is 16.5. The molecule has 138 valence electrons. The smallest absolute Gasteiger partial charge is 0.322 e. The monoisotopic (exact) mass is 490 g/mol. The topological polar surface area (TPSA) is 71.3 Å². The molecule has 1 aliphatic heterocycles. The van der Waals surface area contributed by atoms with Crippen LogP contribution >= 0.6 is 31.9 Å². The number of nitrogens with one attached hydrogen (secondary N) is 1. The number of para-hydroxylation sites is 1. The standard InChI is InChI=1S/C19H16Br2N4O2/c20-13-9-7-12(8-10-13)17-23-18(27-24-17)16-6-3-11-25(16)19(26)22-15-5-2-1-4-14(15)21/h1-2,4-5,7-10,16H,3,6,11H2,(H,22,26). The molecule has 1 fully saturated rings. The molecule has 1 atom stereocenters. The first-order valence-electron chi connectivity index (χ1n) is 8.53. The van der Waals surface area contributed by atoms with Crippen LogP contribution in [0.5, 0.6) is 0 Å². The predicted molar refractivity (Wildman–Crippen MR) is 109 cm³/mol. The summed E-state index contributed by atoms with van der Waals surface area (Å²) in [5.74, 6) is 0.989. The number of carbonyl (C=O) groups excluding carboxylic acids is 1. The third-order valence-electron chi connectivity index (χ3n) is 4.46. The lowest BCUT2D eigenvalue weighted by Gasteiger charge is -2.22. The van der Waals surface area contributed by atoms with Gasteiger partial charge in [0.25, 0.3) is 0 Å². The zero-order valence-electron chi connectivity index (χ0n) is 14.2. The summed E-state index contributed by atoms with van der Waals surface area (Å²) >= 11 is 6.86. The average molecular weight is 492 g/mol. The molecule has 3 aromatic rings. The molecule has 0 radical (unpaired) electrons. The van der Waals surface area contributed by atoms with Crippen molar-refractivity contribution in [3.05, 3.63) is 63.4 Å². The van der Waals surface area contributed by atoms with E-state index in [1.807, 2.05) is 48.5 Å². The van der Waals surface area contributed by atoms with Gasteiger partial charge in [0.15, 0.2) is 0 Å². The number of halogens is 2. The van der Waals surface area contributed by atoms with Crippen molar-refractivity contribution < 1.29 is 9.32 Å². The van der Waals surface area contributed by atoms with Crippen molar-refractivity contribution in [2.45, 2.75) is 18.9 Å². The third-order valence-corrected chi connectivity index (χ3v) is 5.68. The van der Waals surface area contributed by atoms with Crippen molar-refractivity contribution in [1.82, 2.24) is 15.0 Å². The Morgan fingerprint density at radius 1 is 1.15 bits per heavy atom. The molecule has 0 saturated carbocycles. The fourth-order valence-corrected chi connectivity index (χ4v) is 3.75. The molecule has 8 heteroatoms. The maximum atomic E-state index is 12.8. The quantitative estimate of drug-likeness (QED) is 0.515. The molecule has 0 bridgehead atoms. The number of hydrogen-bond acceptors (Lipinski definition) is 4. The Kier molecular flexibility index (Phi) is 5.27. The van der Waals surface area contributed by atoms with E-state index in [2.05, 4.69) is 47.3 Å². The summed E-state index contributed by atoms with van der Waals surface area (Å²) in [6, 6.07) is 14.8. The Hall–Kier alpha value is -2.19. The van der Waals surface area contributed by atoms with E-state index in [4.69, 9.17) is 4.52 Å². The van der Waals surface area contributed by atoms with Crippen LogP contribution in [0.25, 0.3) is 11.4 Å². The highest BCUT2D eigenvalue weighted by Gasteiger charge is 2.34. The van der Waals surface area contributed by atoms with E-state index >= 15 is 0 Å². The predicted octanol–water partition coefficient (Wildman–Crippen LogP) is 5.63. The summed E-state index contributed by atoms with van der Waals surface area (Å²) in [7, 11) is 0. The summed E-state index contributed by atoms with van der Waals surface area (Å²) in [4.78, 5) is 19.0. The zero-order chi connectivity index (χ0) is 18.8. The number of benzene rings is 2. The van der Waals surface area contributed by atoms with E-state index in [1.165, 1.54) is 0 Å². The minimum Gasteiger partial charge on any atom is -0.337 e. The lowest BCUT2D eigenvalue weighted by atomic mass is 10.2. The van der Waals surface area contributed by atoms with Gasteiger partial charge in [-0.2, -0.15) is 4.98 Å².